The molecule has 1 unspecified atom stereocenters. The maximum absolute atomic E-state index is 11.9. The van der Waals surface area contributed by atoms with Crippen LogP contribution in [0.3, 0.4) is 0 Å². The van der Waals surface area contributed by atoms with Crippen molar-refractivity contribution in [3.8, 4) is 0 Å². The molecule has 2 saturated heterocycles. The van der Waals surface area contributed by atoms with Crippen LogP contribution in [0.4, 0.5) is 10.7 Å². The van der Waals surface area contributed by atoms with Crippen LogP contribution in [0, 0.1) is 0 Å². The summed E-state index contributed by atoms with van der Waals surface area (Å²) in [5.74, 6) is 0.820. The fourth-order valence-corrected chi connectivity index (χ4v) is 4.17. The number of urea groups is 1. The van der Waals surface area contributed by atoms with E-state index in [1.165, 1.54) is 25.8 Å². The first-order valence-corrected chi connectivity index (χ1v) is 11.2. The van der Waals surface area contributed by atoms with Gasteiger partial charge in [0, 0.05) is 64.2 Å². The van der Waals surface area contributed by atoms with Crippen LogP contribution < -0.4 is 15.5 Å². The maximum atomic E-state index is 11.9. The predicted molar refractivity (Wildman–Crippen MR) is 116 cm³/mol. The first-order valence-electron chi connectivity index (χ1n) is 11.2. The molecule has 29 heavy (non-hydrogen) atoms. The van der Waals surface area contributed by atoms with E-state index in [2.05, 4.69) is 42.2 Å². The molecule has 8 nitrogen and oxygen atoms in total. The number of carbonyl (C=O) groups excluding carboxylic acids is 1. The van der Waals surface area contributed by atoms with Crippen molar-refractivity contribution in [2.24, 2.45) is 0 Å². The number of amides is 2. The minimum atomic E-state index is -0.0391. The number of nitrogens with one attached hydrogen (secondary N) is 2. The van der Waals surface area contributed by atoms with Crippen LogP contribution in [0.5, 0.6) is 0 Å². The van der Waals surface area contributed by atoms with Gasteiger partial charge >= 0.3 is 6.03 Å². The monoisotopic (exact) mass is 403 g/mol. The van der Waals surface area contributed by atoms with E-state index >= 15 is 0 Å². The van der Waals surface area contributed by atoms with E-state index < -0.39 is 0 Å². The zero-order valence-corrected chi connectivity index (χ0v) is 17.9. The van der Waals surface area contributed by atoms with Gasteiger partial charge in [0.25, 0.3) is 0 Å². The SMILES string of the molecule is CC1CCCCN1CCCNC(=O)NCCCN1CCN(c2ncccn2)CC1. The Morgan fingerprint density at radius 1 is 1.00 bits per heavy atom. The number of rotatable bonds is 9. The van der Waals surface area contributed by atoms with Crippen molar-refractivity contribution >= 4 is 12.0 Å². The number of carbonyl (C=O) groups is 1. The van der Waals surface area contributed by atoms with Crippen LogP contribution in [0.25, 0.3) is 0 Å². The van der Waals surface area contributed by atoms with Crippen LogP contribution >= 0.6 is 0 Å². The van der Waals surface area contributed by atoms with E-state index in [0.29, 0.717) is 6.04 Å². The Labute approximate surface area is 175 Å². The molecule has 1 aromatic heterocycles. The number of piperidine rings is 1. The summed E-state index contributed by atoms with van der Waals surface area (Å²) in [7, 11) is 0. The lowest BCUT2D eigenvalue weighted by atomic mass is 10.0. The lowest BCUT2D eigenvalue weighted by Gasteiger charge is -2.34. The van der Waals surface area contributed by atoms with Gasteiger partial charge in [-0.2, -0.15) is 0 Å². The van der Waals surface area contributed by atoms with Gasteiger partial charge in [-0.15, -0.1) is 0 Å². The van der Waals surface area contributed by atoms with Crippen molar-refractivity contribution in [1.82, 2.24) is 30.4 Å². The van der Waals surface area contributed by atoms with Gasteiger partial charge in [-0.1, -0.05) is 6.42 Å². The van der Waals surface area contributed by atoms with E-state index in [4.69, 9.17) is 0 Å². The highest BCUT2D eigenvalue weighted by atomic mass is 16.2. The van der Waals surface area contributed by atoms with Gasteiger partial charge in [0.1, 0.15) is 0 Å². The average Bonchev–Trinajstić information content (AvgIpc) is 2.76. The molecule has 0 radical (unpaired) electrons. The highest BCUT2D eigenvalue weighted by Crippen LogP contribution is 2.16. The molecule has 3 heterocycles. The molecule has 0 aromatic carbocycles. The third kappa shape index (κ3) is 7.44. The highest BCUT2D eigenvalue weighted by Gasteiger charge is 2.18. The van der Waals surface area contributed by atoms with Crippen LogP contribution in [0.1, 0.15) is 39.0 Å². The van der Waals surface area contributed by atoms with E-state index in [1.54, 1.807) is 12.4 Å². The number of nitrogens with zero attached hydrogens (tertiary/aromatic N) is 5. The van der Waals surface area contributed by atoms with Crippen molar-refractivity contribution in [1.29, 1.82) is 0 Å². The van der Waals surface area contributed by atoms with Gasteiger partial charge in [0.15, 0.2) is 0 Å². The molecule has 1 aromatic rings. The van der Waals surface area contributed by atoms with Gasteiger partial charge in [-0.25, -0.2) is 14.8 Å². The van der Waals surface area contributed by atoms with Crippen LogP contribution in [0.15, 0.2) is 18.5 Å². The Balaban J connectivity index is 1.18. The smallest absolute Gasteiger partial charge is 0.314 e. The Morgan fingerprint density at radius 3 is 2.38 bits per heavy atom. The van der Waals surface area contributed by atoms with Gasteiger partial charge in [-0.05, 0) is 51.8 Å². The number of likely N-dealkylation sites (tertiary alicyclic amines) is 1. The number of anilines is 1. The molecule has 0 saturated carbocycles. The molecule has 0 bridgehead atoms. The molecule has 1 atom stereocenters. The zero-order valence-electron chi connectivity index (χ0n) is 17.9. The van der Waals surface area contributed by atoms with Crippen LogP contribution in [-0.4, -0.2) is 90.7 Å². The fourth-order valence-electron chi connectivity index (χ4n) is 4.17. The molecule has 0 aliphatic carbocycles. The normalized spacial score (nSPS) is 21.1. The van der Waals surface area contributed by atoms with Crippen molar-refractivity contribution in [2.45, 2.75) is 45.1 Å². The molecule has 3 rings (SSSR count). The average molecular weight is 404 g/mol. The third-order valence-corrected chi connectivity index (χ3v) is 5.99. The van der Waals surface area contributed by atoms with Gasteiger partial charge in [0.2, 0.25) is 5.95 Å². The first-order chi connectivity index (χ1) is 14.2. The first kappa shape index (κ1) is 21.8. The van der Waals surface area contributed by atoms with Crippen molar-refractivity contribution < 1.29 is 4.79 Å². The minimum absolute atomic E-state index is 0.0391. The molecule has 2 fully saturated rings. The third-order valence-electron chi connectivity index (χ3n) is 5.99. The summed E-state index contributed by atoms with van der Waals surface area (Å²) in [4.78, 5) is 27.8. The second-order valence-electron chi connectivity index (χ2n) is 8.15. The summed E-state index contributed by atoms with van der Waals surface area (Å²) in [5.41, 5.74) is 0. The standard InChI is InChI=1S/C21H37N7O/c1-19-7-2-3-13-27(19)14-6-11-25-21(29)24-10-5-12-26-15-17-28(18-16-26)20-22-8-4-9-23-20/h4,8-9,19H,2-3,5-7,10-18H2,1H3,(H2,24,25,29). The van der Waals surface area contributed by atoms with Gasteiger partial charge < -0.3 is 20.4 Å². The van der Waals surface area contributed by atoms with Crippen molar-refractivity contribution in [3.63, 3.8) is 0 Å². The van der Waals surface area contributed by atoms with Gasteiger partial charge in [-0.3, -0.25) is 4.90 Å². The van der Waals surface area contributed by atoms with E-state index in [0.717, 1.165) is 71.1 Å². The van der Waals surface area contributed by atoms with Crippen molar-refractivity contribution in [3.05, 3.63) is 18.5 Å². The Bertz CT molecular complexity index is 592. The summed E-state index contributed by atoms with van der Waals surface area (Å²) in [6, 6.07) is 2.50. The Morgan fingerprint density at radius 2 is 1.69 bits per heavy atom. The Kier molecular flexibility index (Phi) is 8.95. The van der Waals surface area contributed by atoms with Crippen LogP contribution in [0.2, 0.25) is 0 Å². The zero-order chi connectivity index (χ0) is 20.3. The largest absolute Gasteiger partial charge is 0.338 e. The molecule has 162 valence electrons. The summed E-state index contributed by atoms with van der Waals surface area (Å²) in [6.45, 7) is 11.0. The molecule has 0 spiro atoms. The number of hydrogen-bond acceptors (Lipinski definition) is 6. The maximum Gasteiger partial charge on any atom is 0.314 e. The summed E-state index contributed by atoms with van der Waals surface area (Å²) in [6.07, 6.45) is 9.55. The number of piperazine rings is 1. The molecule has 2 aliphatic rings. The lowest BCUT2D eigenvalue weighted by molar-refractivity contribution is 0.159. The summed E-state index contributed by atoms with van der Waals surface area (Å²) >= 11 is 0. The Hall–Kier alpha value is -1.93. The number of aromatic nitrogens is 2. The van der Waals surface area contributed by atoms with Crippen LogP contribution in [-0.2, 0) is 0 Å². The molecule has 2 N–H and O–H groups in total. The highest BCUT2D eigenvalue weighted by molar-refractivity contribution is 5.73. The summed E-state index contributed by atoms with van der Waals surface area (Å²) < 4.78 is 0. The van der Waals surface area contributed by atoms with Gasteiger partial charge in [0.05, 0.1) is 0 Å². The molecule has 8 heteroatoms. The second-order valence-corrected chi connectivity index (χ2v) is 8.15. The molecular formula is C21H37N7O. The molecule has 2 amide bonds. The second kappa shape index (κ2) is 11.9. The van der Waals surface area contributed by atoms with E-state index in [9.17, 15) is 4.79 Å². The quantitative estimate of drug-likeness (QED) is 0.610. The van der Waals surface area contributed by atoms with E-state index in [1.807, 2.05) is 6.07 Å². The summed E-state index contributed by atoms with van der Waals surface area (Å²) in [5, 5.41) is 5.97. The fraction of sp³-hybridized carbons (Fsp3) is 0.762. The van der Waals surface area contributed by atoms with Crippen molar-refractivity contribution in [2.75, 3.05) is 63.8 Å². The molecule has 2 aliphatic heterocycles. The lowest BCUT2D eigenvalue weighted by Crippen LogP contribution is -2.47. The van der Waals surface area contributed by atoms with E-state index in [-0.39, 0.29) is 6.03 Å². The predicted octanol–water partition coefficient (Wildman–Crippen LogP) is 1.55. The minimum Gasteiger partial charge on any atom is -0.338 e. The number of hydrogen-bond donors (Lipinski definition) is 2. The molecular weight excluding hydrogens is 366 g/mol. The topological polar surface area (TPSA) is 76.6 Å².